The molecule has 1 aliphatic rings. The molecule has 0 amide bonds. The Morgan fingerprint density at radius 3 is 2.39 bits per heavy atom. The third kappa shape index (κ3) is 2.95. The van der Waals surface area contributed by atoms with E-state index in [1.807, 2.05) is 0 Å². The highest BCUT2D eigenvalue weighted by Crippen LogP contribution is 2.35. The molecule has 0 saturated carbocycles. The summed E-state index contributed by atoms with van der Waals surface area (Å²) in [6, 6.07) is 9.18. The van der Waals surface area contributed by atoms with Gasteiger partial charge in [0.05, 0.1) is 6.04 Å². The fourth-order valence-electron chi connectivity index (χ4n) is 2.87. The largest absolute Gasteiger partial charge is 0.326 e. The van der Waals surface area contributed by atoms with E-state index in [9.17, 15) is 0 Å². The van der Waals surface area contributed by atoms with Gasteiger partial charge in [0.25, 0.3) is 0 Å². The van der Waals surface area contributed by atoms with E-state index in [1.54, 1.807) is 0 Å². The number of hydrogen-bond acceptors (Lipinski definition) is 2. The molecule has 3 heteroatoms. The van der Waals surface area contributed by atoms with Crippen LogP contribution in [0.5, 0.6) is 0 Å². The van der Waals surface area contributed by atoms with Crippen LogP contribution in [-0.2, 0) is 0 Å². The molecule has 18 heavy (non-hydrogen) atoms. The Kier molecular flexibility index (Phi) is 4.15. The lowest BCUT2D eigenvalue weighted by molar-refractivity contribution is 0.0384. The van der Waals surface area contributed by atoms with Gasteiger partial charge in [-0.15, -0.1) is 0 Å². The van der Waals surface area contributed by atoms with Gasteiger partial charge < -0.3 is 5.73 Å². The summed E-state index contributed by atoms with van der Waals surface area (Å²) >= 11 is 3.49. The van der Waals surface area contributed by atoms with Crippen molar-refractivity contribution in [3.8, 4) is 0 Å². The lowest BCUT2D eigenvalue weighted by atomic mass is 9.87. The summed E-state index contributed by atoms with van der Waals surface area (Å²) in [5.41, 5.74) is 7.88. The Bertz CT molecular complexity index is 394. The Morgan fingerprint density at radius 1 is 1.22 bits per heavy atom. The van der Waals surface area contributed by atoms with Crippen molar-refractivity contribution in [1.82, 2.24) is 4.90 Å². The van der Waals surface area contributed by atoms with E-state index in [0.29, 0.717) is 6.04 Å². The van der Waals surface area contributed by atoms with E-state index in [-0.39, 0.29) is 11.6 Å². The van der Waals surface area contributed by atoms with Crippen molar-refractivity contribution in [3.63, 3.8) is 0 Å². The second-order valence-electron chi connectivity index (χ2n) is 6.17. The molecular formula is C15H23BrN2. The van der Waals surface area contributed by atoms with Gasteiger partial charge in [-0.3, -0.25) is 4.90 Å². The van der Waals surface area contributed by atoms with Gasteiger partial charge in [0.2, 0.25) is 0 Å². The number of piperidine rings is 1. The summed E-state index contributed by atoms with van der Waals surface area (Å²) in [7, 11) is 0. The molecule has 1 aromatic carbocycles. The van der Waals surface area contributed by atoms with Crippen LogP contribution < -0.4 is 5.73 Å². The first-order valence-corrected chi connectivity index (χ1v) is 7.46. The number of likely N-dealkylation sites (tertiary alicyclic amines) is 1. The van der Waals surface area contributed by atoms with Crippen LogP contribution in [0.15, 0.2) is 28.7 Å². The monoisotopic (exact) mass is 310 g/mol. The SMILES string of the molecule is CC(C)(C)N1CCCC(N)C1c1ccc(Br)cc1. The summed E-state index contributed by atoms with van der Waals surface area (Å²) in [6.45, 7) is 7.96. The summed E-state index contributed by atoms with van der Waals surface area (Å²) < 4.78 is 1.12. The van der Waals surface area contributed by atoms with E-state index in [1.165, 1.54) is 12.0 Å². The van der Waals surface area contributed by atoms with Crippen LogP contribution in [0.4, 0.5) is 0 Å². The molecule has 2 nitrogen and oxygen atoms in total. The number of benzene rings is 1. The second-order valence-corrected chi connectivity index (χ2v) is 7.08. The van der Waals surface area contributed by atoms with Crippen LogP contribution in [0.3, 0.4) is 0 Å². The van der Waals surface area contributed by atoms with Gasteiger partial charge in [0.1, 0.15) is 0 Å². The smallest absolute Gasteiger partial charge is 0.0504 e. The molecule has 2 unspecified atom stereocenters. The normalized spacial score (nSPS) is 26.3. The maximum absolute atomic E-state index is 6.38. The number of halogens is 1. The first-order valence-electron chi connectivity index (χ1n) is 6.67. The topological polar surface area (TPSA) is 29.3 Å². The van der Waals surface area contributed by atoms with Crippen molar-refractivity contribution < 1.29 is 0 Å². The lowest BCUT2D eigenvalue weighted by Gasteiger charge is -2.47. The van der Waals surface area contributed by atoms with Crippen LogP contribution in [0.1, 0.15) is 45.2 Å². The van der Waals surface area contributed by atoms with Crippen LogP contribution in [0, 0.1) is 0 Å². The highest BCUT2D eigenvalue weighted by atomic mass is 79.9. The Labute approximate surface area is 119 Å². The molecule has 2 rings (SSSR count). The summed E-state index contributed by atoms with van der Waals surface area (Å²) in [5.74, 6) is 0. The minimum atomic E-state index is 0.162. The van der Waals surface area contributed by atoms with Gasteiger partial charge in [0, 0.05) is 16.1 Å². The van der Waals surface area contributed by atoms with E-state index in [2.05, 4.69) is 65.9 Å². The van der Waals surface area contributed by atoms with Gasteiger partial charge in [-0.05, 0) is 57.9 Å². The zero-order valence-electron chi connectivity index (χ0n) is 11.5. The van der Waals surface area contributed by atoms with Crippen molar-refractivity contribution in [1.29, 1.82) is 0 Å². The third-order valence-corrected chi connectivity index (χ3v) is 4.28. The molecule has 2 N–H and O–H groups in total. The van der Waals surface area contributed by atoms with Crippen molar-refractivity contribution in [3.05, 3.63) is 34.3 Å². The molecule has 1 saturated heterocycles. The molecule has 0 radical (unpaired) electrons. The predicted molar refractivity (Wildman–Crippen MR) is 80.6 cm³/mol. The molecule has 1 aromatic rings. The maximum atomic E-state index is 6.38. The summed E-state index contributed by atoms with van der Waals surface area (Å²) in [5, 5.41) is 0. The zero-order valence-corrected chi connectivity index (χ0v) is 13.1. The van der Waals surface area contributed by atoms with E-state index in [4.69, 9.17) is 5.73 Å². The maximum Gasteiger partial charge on any atom is 0.0504 e. The fraction of sp³-hybridized carbons (Fsp3) is 0.600. The van der Waals surface area contributed by atoms with Gasteiger partial charge >= 0.3 is 0 Å². The summed E-state index contributed by atoms with van der Waals surface area (Å²) in [4.78, 5) is 2.55. The molecule has 0 spiro atoms. The number of nitrogens with two attached hydrogens (primary N) is 1. The highest BCUT2D eigenvalue weighted by Gasteiger charge is 2.36. The van der Waals surface area contributed by atoms with Gasteiger partial charge in [-0.1, -0.05) is 28.1 Å². The second kappa shape index (κ2) is 5.32. The van der Waals surface area contributed by atoms with Gasteiger partial charge in [-0.2, -0.15) is 0 Å². The molecule has 100 valence electrons. The molecule has 1 aliphatic heterocycles. The molecule has 1 heterocycles. The minimum Gasteiger partial charge on any atom is -0.326 e. The Hall–Kier alpha value is -0.380. The zero-order chi connectivity index (χ0) is 13.3. The van der Waals surface area contributed by atoms with Crippen molar-refractivity contribution in [2.45, 2.75) is 51.2 Å². The van der Waals surface area contributed by atoms with Crippen molar-refractivity contribution >= 4 is 15.9 Å². The van der Waals surface area contributed by atoms with Crippen LogP contribution in [0.25, 0.3) is 0 Å². The molecule has 0 aliphatic carbocycles. The third-order valence-electron chi connectivity index (χ3n) is 3.75. The molecule has 1 fully saturated rings. The minimum absolute atomic E-state index is 0.162. The molecular weight excluding hydrogens is 288 g/mol. The number of nitrogens with zero attached hydrogens (tertiary/aromatic N) is 1. The van der Waals surface area contributed by atoms with E-state index >= 15 is 0 Å². The number of rotatable bonds is 1. The van der Waals surface area contributed by atoms with Crippen LogP contribution >= 0.6 is 15.9 Å². The van der Waals surface area contributed by atoms with E-state index in [0.717, 1.165) is 17.4 Å². The van der Waals surface area contributed by atoms with E-state index < -0.39 is 0 Å². The Morgan fingerprint density at radius 2 is 1.83 bits per heavy atom. The van der Waals surface area contributed by atoms with Crippen LogP contribution in [0.2, 0.25) is 0 Å². The average molecular weight is 311 g/mol. The highest BCUT2D eigenvalue weighted by molar-refractivity contribution is 9.10. The molecule has 0 bridgehead atoms. The van der Waals surface area contributed by atoms with Crippen molar-refractivity contribution in [2.24, 2.45) is 5.73 Å². The van der Waals surface area contributed by atoms with Crippen molar-refractivity contribution in [2.75, 3.05) is 6.54 Å². The lowest BCUT2D eigenvalue weighted by Crippen LogP contribution is -2.53. The summed E-state index contributed by atoms with van der Waals surface area (Å²) in [6.07, 6.45) is 2.32. The van der Waals surface area contributed by atoms with Crippen LogP contribution in [-0.4, -0.2) is 23.0 Å². The average Bonchev–Trinajstić information content (AvgIpc) is 2.29. The van der Waals surface area contributed by atoms with Gasteiger partial charge in [0.15, 0.2) is 0 Å². The molecule has 2 atom stereocenters. The predicted octanol–water partition coefficient (Wildman–Crippen LogP) is 3.71. The first kappa shape index (κ1) is 14.0. The molecule has 0 aromatic heterocycles. The Balaban J connectivity index is 2.33. The quantitative estimate of drug-likeness (QED) is 0.856. The number of hydrogen-bond donors (Lipinski definition) is 1. The first-order chi connectivity index (χ1) is 8.39. The fourth-order valence-corrected chi connectivity index (χ4v) is 3.13. The van der Waals surface area contributed by atoms with Gasteiger partial charge in [-0.25, -0.2) is 0 Å². The standard InChI is InChI=1S/C15H23BrN2/c1-15(2,3)18-10-4-5-13(17)14(18)11-6-8-12(16)9-7-11/h6-9,13-14H,4-5,10,17H2,1-3H3.